The number of anilines is 3. The molecule has 0 saturated heterocycles. The lowest BCUT2D eigenvalue weighted by atomic mass is 9.91. The van der Waals surface area contributed by atoms with Crippen LogP contribution in [0.5, 0.6) is 0 Å². The van der Waals surface area contributed by atoms with Crippen molar-refractivity contribution in [1.29, 1.82) is 0 Å². The lowest BCUT2D eigenvalue weighted by Gasteiger charge is -2.26. The second-order valence-corrected chi connectivity index (χ2v) is 17.9. The lowest BCUT2D eigenvalue weighted by molar-refractivity contribution is 1.18. The van der Waals surface area contributed by atoms with Crippen LogP contribution in [-0.2, 0) is 0 Å². The second kappa shape index (κ2) is 15.2. The second-order valence-electron chi connectivity index (χ2n) is 16.8. The highest BCUT2D eigenvalue weighted by molar-refractivity contribution is 7.26. The van der Waals surface area contributed by atoms with E-state index < -0.39 is 0 Å². The minimum Gasteiger partial charge on any atom is -0.310 e. The van der Waals surface area contributed by atoms with Crippen molar-refractivity contribution in [1.82, 2.24) is 4.57 Å². The molecule has 13 rings (SSSR count). The smallest absolute Gasteiger partial charge is 0.0547 e. The van der Waals surface area contributed by atoms with Crippen molar-refractivity contribution in [3.8, 4) is 39.1 Å². The van der Waals surface area contributed by atoms with E-state index in [4.69, 9.17) is 0 Å². The van der Waals surface area contributed by atoms with Gasteiger partial charge in [0.15, 0.2) is 0 Å². The molecule has 0 saturated carbocycles. The van der Waals surface area contributed by atoms with Gasteiger partial charge < -0.3 is 9.47 Å². The van der Waals surface area contributed by atoms with Crippen molar-refractivity contribution < 1.29 is 0 Å². The largest absolute Gasteiger partial charge is 0.310 e. The molecule has 65 heavy (non-hydrogen) atoms. The fraction of sp³-hybridized carbons (Fsp3) is 0. The third-order valence-corrected chi connectivity index (χ3v) is 14.4. The molecule has 0 radical (unpaired) electrons. The van der Waals surface area contributed by atoms with Crippen molar-refractivity contribution in [3.63, 3.8) is 0 Å². The highest BCUT2D eigenvalue weighted by Gasteiger charge is 2.19. The maximum atomic E-state index is 2.41. The van der Waals surface area contributed by atoms with Crippen LogP contribution >= 0.6 is 11.3 Å². The van der Waals surface area contributed by atoms with Gasteiger partial charge in [0.1, 0.15) is 0 Å². The maximum Gasteiger partial charge on any atom is 0.0547 e. The molecule has 0 fully saturated rings. The van der Waals surface area contributed by atoms with Crippen LogP contribution in [0.25, 0.3) is 103 Å². The Morgan fingerprint density at radius 2 is 0.892 bits per heavy atom. The van der Waals surface area contributed by atoms with E-state index in [9.17, 15) is 0 Å². The molecule has 0 atom stereocenters. The minimum atomic E-state index is 1.10. The van der Waals surface area contributed by atoms with Gasteiger partial charge in [-0.25, -0.2) is 0 Å². The molecule has 2 nitrogen and oxygen atoms in total. The van der Waals surface area contributed by atoms with Gasteiger partial charge in [0, 0.05) is 53.7 Å². The molecule has 2 heterocycles. The number of benzene rings is 11. The number of thiophene rings is 1. The molecule has 0 aliphatic carbocycles. The van der Waals surface area contributed by atoms with E-state index >= 15 is 0 Å². The van der Waals surface area contributed by atoms with E-state index in [-0.39, 0.29) is 0 Å². The number of para-hydroxylation sites is 2. The average Bonchev–Trinajstić information content (AvgIpc) is 3.93. The Balaban J connectivity index is 0.961. The van der Waals surface area contributed by atoms with Crippen molar-refractivity contribution in [2.75, 3.05) is 4.90 Å². The SMILES string of the molecule is c1ccc(-c2cccc3cccc(-c4ccc(N(c5ccc(-c6cccc7c6sc6ccccc67)cc5)c5ccc6c(ccc7c6c6ccccc6n7-c6ccccc6)c5)cc4)c23)cc1. The lowest BCUT2D eigenvalue weighted by Crippen LogP contribution is -2.09. The molecule has 13 aromatic rings. The summed E-state index contributed by atoms with van der Waals surface area (Å²) in [6, 6.07) is 88.8. The summed E-state index contributed by atoms with van der Waals surface area (Å²) in [6.45, 7) is 0. The van der Waals surface area contributed by atoms with Crippen molar-refractivity contribution in [3.05, 3.63) is 243 Å². The van der Waals surface area contributed by atoms with Crippen LogP contribution in [0.15, 0.2) is 243 Å². The third-order valence-electron chi connectivity index (χ3n) is 13.2. The third kappa shape index (κ3) is 6.16. The van der Waals surface area contributed by atoms with Crippen molar-refractivity contribution in [2.45, 2.75) is 0 Å². The molecule has 304 valence electrons. The Bertz CT molecular complexity index is 3910. The summed E-state index contributed by atoms with van der Waals surface area (Å²) in [5.41, 5.74) is 14.2. The zero-order valence-corrected chi connectivity index (χ0v) is 36.2. The minimum absolute atomic E-state index is 1.10. The predicted molar refractivity (Wildman–Crippen MR) is 280 cm³/mol. The average molecular weight is 845 g/mol. The molecule has 0 aliphatic heterocycles. The monoisotopic (exact) mass is 844 g/mol. The zero-order chi connectivity index (χ0) is 42.8. The van der Waals surface area contributed by atoms with E-state index in [0.717, 1.165) is 22.7 Å². The fourth-order valence-corrected chi connectivity index (χ4v) is 11.5. The topological polar surface area (TPSA) is 8.17 Å². The Morgan fingerprint density at radius 1 is 0.323 bits per heavy atom. The molecule has 3 heteroatoms. The highest BCUT2D eigenvalue weighted by Crippen LogP contribution is 2.44. The van der Waals surface area contributed by atoms with Crippen LogP contribution in [0.3, 0.4) is 0 Å². The molecular formula is C62H40N2S. The standard InChI is InChI=1S/C62H40N2S/c1-3-14-41(15-4-1)50-22-11-16-44-17-12-23-51(60(44)50)42-28-33-47(34-29-42)63(48-35-30-43(31-36-48)53-24-13-25-55-54-20-8-10-27-59(54)65-62(53)55)49-37-38-52-45(40-49)32-39-58-61(52)56-21-7-9-26-57(56)64(58)46-18-5-2-6-19-46/h1-40H. The summed E-state index contributed by atoms with van der Waals surface area (Å²) >= 11 is 1.88. The number of rotatable bonds is 7. The molecule has 2 aromatic heterocycles. The molecule has 0 aliphatic rings. The van der Waals surface area contributed by atoms with Crippen LogP contribution in [-0.4, -0.2) is 4.57 Å². The van der Waals surface area contributed by atoms with Gasteiger partial charge in [0.05, 0.1) is 11.0 Å². The highest BCUT2D eigenvalue weighted by atomic mass is 32.1. The summed E-state index contributed by atoms with van der Waals surface area (Å²) < 4.78 is 5.04. The van der Waals surface area contributed by atoms with Crippen molar-refractivity contribution >= 4 is 91.9 Å². The summed E-state index contributed by atoms with van der Waals surface area (Å²) in [7, 11) is 0. The van der Waals surface area contributed by atoms with Crippen molar-refractivity contribution in [2.24, 2.45) is 0 Å². The van der Waals surface area contributed by atoms with Gasteiger partial charge in [-0.3, -0.25) is 0 Å². The Hall–Kier alpha value is -8.24. The van der Waals surface area contributed by atoms with E-state index in [1.807, 2.05) is 11.3 Å². The molecule has 0 unspecified atom stereocenters. The van der Waals surface area contributed by atoms with Crippen LogP contribution < -0.4 is 4.90 Å². The number of aromatic nitrogens is 1. The fourth-order valence-electron chi connectivity index (χ4n) is 10.2. The van der Waals surface area contributed by atoms with Gasteiger partial charge in [-0.1, -0.05) is 176 Å². The summed E-state index contributed by atoms with van der Waals surface area (Å²) in [5.74, 6) is 0. The van der Waals surface area contributed by atoms with Gasteiger partial charge in [0.25, 0.3) is 0 Å². The molecular weight excluding hydrogens is 805 g/mol. The number of hydrogen-bond donors (Lipinski definition) is 0. The Labute approximate surface area is 381 Å². The van der Waals surface area contributed by atoms with Gasteiger partial charge in [-0.2, -0.15) is 0 Å². The molecule has 11 aromatic carbocycles. The quantitative estimate of drug-likeness (QED) is 0.155. The first-order chi connectivity index (χ1) is 32.2. The normalized spacial score (nSPS) is 11.7. The summed E-state index contributed by atoms with van der Waals surface area (Å²) in [4.78, 5) is 2.41. The van der Waals surface area contributed by atoms with E-state index in [1.165, 1.54) is 96.9 Å². The van der Waals surface area contributed by atoms with Crippen LogP contribution in [0, 0.1) is 0 Å². The van der Waals surface area contributed by atoms with Gasteiger partial charge >= 0.3 is 0 Å². The van der Waals surface area contributed by atoms with E-state index in [1.54, 1.807) is 0 Å². The zero-order valence-electron chi connectivity index (χ0n) is 35.4. The predicted octanol–water partition coefficient (Wildman–Crippen LogP) is 17.9. The maximum absolute atomic E-state index is 2.41. The summed E-state index contributed by atoms with van der Waals surface area (Å²) in [6.07, 6.45) is 0. The summed E-state index contributed by atoms with van der Waals surface area (Å²) in [5, 5.41) is 10.1. The number of nitrogens with zero attached hydrogens (tertiary/aromatic N) is 2. The number of hydrogen-bond acceptors (Lipinski definition) is 2. The first kappa shape index (κ1) is 37.3. The molecule has 0 bridgehead atoms. The van der Waals surface area contributed by atoms with E-state index in [2.05, 4.69) is 252 Å². The molecule has 0 spiro atoms. The first-order valence-corrected chi connectivity index (χ1v) is 23.1. The van der Waals surface area contributed by atoms with Gasteiger partial charge in [-0.15, -0.1) is 11.3 Å². The Morgan fingerprint density at radius 3 is 1.63 bits per heavy atom. The van der Waals surface area contributed by atoms with Gasteiger partial charge in [-0.05, 0) is 122 Å². The Kier molecular flexibility index (Phi) is 8.75. The van der Waals surface area contributed by atoms with Crippen LogP contribution in [0.2, 0.25) is 0 Å². The van der Waals surface area contributed by atoms with Crippen LogP contribution in [0.4, 0.5) is 17.1 Å². The van der Waals surface area contributed by atoms with E-state index in [0.29, 0.717) is 0 Å². The van der Waals surface area contributed by atoms with Gasteiger partial charge in [0.2, 0.25) is 0 Å². The molecule has 0 amide bonds. The number of fused-ring (bicyclic) bond motifs is 9. The molecule has 0 N–H and O–H groups in total. The first-order valence-electron chi connectivity index (χ1n) is 22.2. The van der Waals surface area contributed by atoms with Crippen LogP contribution in [0.1, 0.15) is 0 Å².